The van der Waals surface area contributed by atoms with Gasteiger partial charge in [-0.2, -0.15) is 0 Å². The fourth-order valence-corrected chi connectivity index (χ4v) is 2.29. The first-order valence-corrected chi connectivity index (χ1v) is 8.52. The molecule has 0 aromatic heterocycles. The molecule has 0 aliphatic rings. The van der Waals surface area contributed by atoms with Crippen LogP contribution >= 0.6 is 0 Å². The highest BCUT2D eigenvalue weighted by Crippen LogP contribution is 2.18. The van der Waals surface area contributed by atoms with Crippen LogP contribution in [-0.4, -0.2) is 17.6 Å². The number of carbonyl (C=O) groups is 1. The third-order valence-corrected chi connectivity index (χ3v) is 3.48. The van der Waals surface area contributed by atoms with Crippen molar-refractivity contribution in [1.82, 2.24) is 5.32 Å². The molecule has 1 rings (SSSR count). The standard InChI is InChI=1S/C17H26N2O2.C2H6/c1-13-12-15(18)9-10-16(13)14(2)19-11-7-5-3-4-6-8-17(20)21;1-2/h9-10,12,19H,2-8,11,18H2,1H3,(H,20,21);1-2H3. The molecule has 0 aliphatic heterocycles. The third kappa shape index (κ3) is 9.61. The van der Waals surface area contributed by atoms with Crippen molar-refractivity contribution in [3.63, 3.8) is 0 Å². The Kier molecular flexibility index (Phi) is 11.5. The first-order valence-electron chi connectivity index (χ1n) is 8.52. The number of hydrogen-bond donors (Lipinski definition) is 3. The van der Waals surface area contributed by atoms with E-state index in [9.17, 15) is 4.79 Å². The SMILES string of the molecule is C=C(NCCCCCCCC(=O)O)c1ccc(N)cc1C.CC. The number of anilines is 1. The van der Waals surface area contributed by atoms with E-state index in [4.69, 9.17) is 10.8 Å². The Morgan fingerprint density at radius 2 is 1.78 bits per heavy atom. The molecule has 4 heteroatoms. The summed E-state index contributed by atoms with van der Waals surface area (Å²) in [6.07, 6.45) is 5.32. The summed E-state index contributed by atoms with van der Waals surface area (Å²) >= 11 is 0. The molecule has 0 radical (unpaired) electrons. The summed E-state index contributed by atoms with van der Waals surface area (Å²) in [5.74, 6) is -0.702. The molecule has 4 nitrogen and oxygen atoms in total. The lowest BCUT2D eigenvalue weighted by Gasteiger charge is -2.12. The lowest BCUT2D eigenvalue weighted by Crippen LogP contribution is -2.13. The van der Waals surface area contributed by atoms with Gasteiger partial charge >= 0.3 is 5.97 Å². The van der Waals surface area contributed by atoms with Gasteiger partial charge in [0.25, 0.3) is 0 Å². The number of unbranched alkanes of at least 4 members (excludes halogenated alkanes) is 4. The molecular weight excluding hydrogens is 288 g/mol. The summed E-state index contributed by atoms with van der Waals surface area (Å²) in [4.78, 5) is 10.4. The second kappa shape index (κ2) is 12.6. The van der Waals surface area contributed by atoms with Gasteiger partial charge in [-0.15, -0.1) is 0 Å². The predicted octanol–water partition coefficient (Wildman–Crippen LogP) is 4.59. The van der Waals surface area contributed by atoms with Gasteiger partial charge in [0.15, 0.2) is 0 Å². The first-order chi connectivity index (χ1) is 11.0. The highest BCUT2D eigenvalue weighted by atomic mass is 16.4. The number of aliphatic carboxylic acids is 1. The molecular formula is C19H32N2O2. The van der Waals surface area contributed by atoms with E-state index in [2.05, 4.69) is 11.9 Å². The maximum Gasteiger partial charge on any atom is 0.303 e. The van der Waals surface area contributed by atoms with Crippen LogP contribution in [0, 0.1) is 6.92 Å². The van der Waals surface area contributed by atoms with Crippen molar-refractivity contribution >= 4 is 17.4 Å². The minimum atomic E-state index is -0.702. The molecule has 0 bridgehead atoms. The highest BCUT2D eigenvalue weighted by Gasteiger charge is 2.02. The lowest BCUT2D eigenvalue weighted by molar-refractivity contribution is -0.137. The van der Waals surface area contributed by atoms with E-state index in [1.165, 1.54) is 0 Å². The van der Waals surface area contributed by atoms with Gasteiger partial charge in [0, 0.05) is 29.9 Å². The van der Waals surface area contributed by atoms with Gasteiger partial charge in [0.2, 0.25) is 0 Å². The summed E-state index contributed by atoms with van der Waals surface area (Å²) in [5, 5.41) is 11.9. The highest BCUT2D eigenvalue weighted by molar-refractivity contribution is 5.67. The number of nitrogens with one attached hydrogen (secondary N) is 1. The molecule has 0 saturated carbocycles. The zero-order valence-electron chi connectivity index (χ0n) is 14.8. The molecule has 1 aromatic carbocycles. The lowest BCUT2D eigenvalue weighted by atomic mass is 10.1. The van der Waals surface area contributed by atoms with Crippen LogP contribution in [-0.2, 0) is 4.79 Å². The van der Waals surface area contributed by atoms with E-state index in [0.717, 1.165) is 61.2 Å². The molecule has 130 valence electrons. The van der Waals surface area contributed by atoms with Crippen LogP contribution in [0.3, 0.4) is 0 Å². The molecule has 23 heavy (non-hydrogen) atoms. The average Bonchev–Trinajstić information content (AvgIpc) is 2.51. The molecule has 0 heterocycles. The number of nitrogen functional groups attached to an aromatic ring is 1. The van der Waals surface area contributed by atoms with Crippen LogP contribution in [0.15, 0.2) is 24.8 Å². The minimum Gasteiger partial charge on any atom is -0.481 e. The van der Waals surface area contributed by atoms with Gasteiger partial charge in [-0.3, -0.25) is 4.79 Å². The summed E-state index contributed by atoms with van der Waals surface area (Å²) in [7, 11) is 0. The molecule has 4 N–H and O–H groups in total. The van der Waals surface area contributed by atoms with Crippen LogP contribution in [0.4, 0.5) is 5.69 Å². The Bertz CT molecular complexity index is 484. The fourth-order valence-electron chi connectivity index (χ4n) is 2.29. The summed E-state index contributed by atoms with van der Waals surface area (Å²) in [6.45, 7) is 11.0. The number of carboxylic acids is 1. The van der Waals surface area contributed by atoms with E-state index >= 15 is 0 Å². The first kappa shape index (κ1) is 21.0. The van der Waals surface area contributed by atoms with Gasteiger partial charge < -0.3 is 16.2 Å². The van der Waals surface area contributed by atoms with Gasteiger partial charge in [-0.25, -0.2) is 0 Å². The van der Waals surface area contributed by atoms with Crippen molar-refractivity contribution in [2.45, 2.75) is 59.3 Å². The number of hydrogen-bond acceptors (Lipinski definition) is 3. The number of rotatable bonds is 10. The number of nitrogens with two attached hydrogens (primary N) is 1. The zero-order chi connectivity index (χ0) is 17.7. The smallest absolute Gasteiger partial charge is 0.303 e. The quantitative estimate of drug-likeness (QED) is 0.435. The van der Waals surface area contributed by atoms with E-state index in [1.54, 1.807) is 0 Å². The average molecular weight is 320 g/mol. The van der Waals surface area contributed by atoms with E-state index < -0.39 is 5.97 Å². The Morgan fingerprint density at radius 3 is 2.39 bits per heavy atom. The topological polar surface area (TPSA) is 75.3 Å². The Labute approximate surface area is 140 Å². The van der Waals surface area contributed by atoms with Crippen LogP contribution in [0.25, 0.3) is 5.70 Å². The van der Waals surface area contributed by atoms with E-state index in [1.807, 2.05) is 39.0 Å². The largest absolute Gasteiger partial charge is 0.481 e. The van der Waals surface area contributed by atoms with Crippen molar-refractivity contribution in [2.24, 2.45) is 0 Å². The maximum absolute atomic E-state index is 10.4. The second-order valence-corrected chi connectivity index (χ2v) is 5.39. The molecule has 0 spiro atoms. The Hall–Kier alpha value is -1.97. The van der Waals surface area contributed by atoms with Gasteiger partial charge in [0.1, 0.15) is 0 Å². The third-order valence-electron chi connectivity index (χ3n) is 3.48. The summed E-state index contributed by atoms with van der Waals surface area (Å²) in [6, 6.07) is 5.83. The Morgan fingerprint density at radius 1 is 1.17 bits per heavy atom. The van der Waals surface area contributed by atoms with Crippen LogP contribution < -0.4 is 11.1 Å². The molecule has 0 unspecified atom stereocenters. The van der Waals surface area contributed by atoms with Gasteiger partial charge in [-0.1, -0.05) is 45.8 Å². The molecule has 0 aliphatic carbocycles. The molecule has 0 amide bonds. The summed E-state index contributed by atoms with van der Waals surface area (Å²) in [5.41, 5.74) is 9.67. The van der Waals surface area contributed by atoms with Crippen LogP contribution in [0.1, 0.15) is 63.5 Å². The van der Waals surface area contributed by atoms with Crippen LogP contribution in [0.2, 0.25) is 0 Å². The fraction of sp³-hybridized carbons (Fsp3) is 0.526. The maximum atomic E-state index is 10.4. The normalized spacial score (nSPS) is 9.70. The van der Waals surface area contributed by atoms with Gasteiger partial charge in [0.05, 0.1) is 0 Å². The van der Waals surface area contributed by atoms with E-state index in [-0.39, 0.29) is 6.42 Å². The van der Waals surface area contributed by atoms with Crippen molar-refractivity contribution in [2.75, 3.05) is 12.3 Å². The zero-order valence-corrected chi connectivity index (χ0v) is 14.8. The minimum absolute atomic E-state index is 0.283. The molecule has 0 atom stereocenters. The number of aryl methyl sites for hydroxylation is 1. The monoisotopic (exact) mass is 320 g/mol. The Balaban J connectivity index is 0.00000232. The van der Waals surface area contributed by atoms with E-state index in [0.29, 0.717) is 0 Å². The number of benzene rings is 1. The summed E-state index contributed by atoms with van der Waals surface area (Å²) < 4.78 is 0. The van der Waals surface area contributed by atoms with Crippen molar-refractivity contribution < 1.29 is 9.90 Å². The van der Waals surface area contributed by atoms with Gasteiger partial charge in [-0.05, 0) is 37.5 Å². The van der Waals surface area contributed by atoms with Crippen molar-refractivity contribution in [1.29, 1.82) is 0 Å². The molecule has 0 saturated heterocycles. The predicted molar refractivity (Wildman–Crippen MR) is 99.3 cm³/mol. The number of carboxylic acid groups (broad SMARTS) is 1. The van der Waals surface area contributed by atoms with Crippen LogP contribution in [0.5, 0.6) is 0 Å². The molecule has 1 aromatic rings. The second-order valence-electron chi connectivity index (χ2n) is 5.39. The van der Waals surface area contributed by atoms with Crippen molar-refractivity contribution in [3.8, 4) is 0 Å². The van der Waals surface area contributed by atoms with Crippen molar-refractivity contribution in [3.05, 3.63) is 35.9 Å². The molecule has 0 fully saturated rings.